The molecule has 0 aromatic heterocycles. The van der Waals surface area contributed by atoms with Crippen LogP contribution in [0.15, 0.2) is 24.3 Å². The van der Waals surface area contributed by atoms with Crippen molar-refractivity contribution in [2.45, 2.75) is 44.8 Å². The second-order valence-corrected chi connectivity index (χ2v) is 6.05. The number of nitrogens with zero attached hydrogens (tertiary/aromatic N) is 1. The number of benzene rings is 1. The van der Waals surface area contributed by atoms with Gasteiger partial charge in [0.2, 0.25) is 0 Å². The monoisotopic (exact) mass is 274 g/mol. The van der Waals surface area contributed by atoms with Crippen LogP contribution in [0.2, 0.25) is 0 Å². The van der Waals surface area contributed by atoms with Crippen molar-refractivity contribution in [1.82, 2.24) is 10.2 Å². The van der Waals surface area contributed by atoms with Crippen molar-refractivity contribution in [2.75, 3.05) is 26.2 Å². The average Bonchev–Trinajstić information content (AvgIpc) is 2.90. The predicted octanol–water partition coefficient (Wildman–Crippen LogP) is 2.45. The van der Waals surface area contributed by atoms with Gasteiger partial charge in [-0.3, -0.25) is 4.90 Å². The van der Waals surface area contributed by atoms with Crippen molar-refractivity contribution in [3.8, 4) is 5.75 Å². The van der Waals surface area contributed by atoms with Gasteiger partial charge in [0.15, 0.2) is 0 Å². The molecule has 0 amide bonds. The Kier molecular flexibility index (Phi) is 4.58. The van der Waals surface area contributed by atoms with Gasteiger partial charge >= 0.3 is 0 Å². The summed E-state index contributed by atoms with van der Waals surface area (Å²) in [6, 6.07) is 9.16. The minimum Gasteiger partial charge on any atom is -0.488 e. The summed E-state index contributed by atoms with van der Waals surface area (Å²) in [5.74, 6) is 1.09. The van der Waals surface area contributed by atoms with E-state index < -0.39 is 0 Å². The summed E-state index contributed by atoms with van der Waals surface area (Å²) < 4.78 is 6.11. The van der Waals surface area contributed by atoms with E-state index in [9.17, 15) is 0 Å². The number of para-hydroxylation sites is 1. The van der Waals surface area contributed by atoms with Crippen LogP contribution in [0.1, 0.15) is 31.7 Å². The lowest BCUT2D eigenvalue weighted by Gasteiger charge is -2.35. The highest BCUT2D eigenvalue weighted by molar-refractivity contribution is 5.37. The van der Waals surface area contributed by atoms with Crippen LogP contribution in [-0.4, -0.2) is 43.2 Å². The van der Waals surface area contributed by atoms with Crippen molar-refractivity contribution in [3.63, 3.8) is 0 Å². The van der Waals surface area contributed by atoms with Crippen molar-refractivity contribution in [2.24, 2.45) is 0 Å². The molecule has 3 rings (SSSR count). The maximum absolute atomic E-state index is 6.11. The second kappa shape index (κ2) is 6.59. The van der Waals surface area contributed by atoms with Crippen LogP contribution in [0, 0.1) is 0 Å². The summed E-state index contributed by atoms with van der Waals surface area (Å²) in [5, 5.41) is 3.53. The van der Waals surface area contributed by atoms with E-state index in [1.165, 1.54) is 37.9 Å². The Morgan fingerprint density at radius 1 is 1.35 bits per heavy atom. The molecule has 3 heteroatoms. The molecule has 0 radical (unpaired) electrons. The molecule has 2 heterocycles. The van der Waals surface area contributed by atoms with Crippen LogP contribution in [0.3, 0.4) is 0 Å². The Hall–Kier alpha value is -1.06. The molecule has 3 nitrogen and oxygen atoms in total. The van der Waals surface area contributed by atoms with Gasteiger partial charge in [0.05, 0.1) is 0 Å². The van der Waals surface area contributed by atoms with Gasteiger partial charge in [-0.05, 0) is 44.0 Å². The third kappa shape index (κ3) is 3.15. The van der Waals surface area contributed by atoms with Gasteiger partial charge in [0.1, 0.15) is 11.9 Å². The molecule has 2 unspecified atom stereocenters. The fourth-order valence-electron chi connectivity index (χ4n) is 3.47. The minimum absolute atomic E-state index is 0.334. The Morgan fingerprint density at radius 2 is 2.25 bits per heavy atom. The van der Waals surface area contributed by atoms with E-state index in [2.05, 4.69) is 41.4 Å². The Bertz CT molecular complexity index is 404. The average molecular weight is 274 g/mol. The van der Waals surface area contributed by atoms with E-state index in [0.717, 1.165) is 25.3 Å². The largest absolute Gasteiger partial charge is 0.488 e. The molecule has 2 aliphatic rings. The summed E-state index contributed by atoms with van der Waals surface area (Å²) in [6.07, 6.45) is 5.25. The first kappa shape index (κ1) is 13.9. The summed E-state index contributed by atoms with van der Waals surface area (Å²) >= 11 is 0. The smallest absolute Gasteiger partial charge is 0.123 e. The van der Waals surface area contributed by atoms with E-state index in [0.29, 0.717) is 12.1 Å². The van der Waals surface area contributed by atoms with Crippen LogP contribution < -0.4 is 10.1 Å². The highest BCUT2D eigenvalue weighted by atomic mass is 16.5. The van der Waals surface area contributed by atoms with Gasteiger partial charge in [-0.2, -0.15) is 0 Å². The zero-order valence-electron chi connectivity index (χ0n) is 12.5. The summed E-state index contributed by atoms with van der Waals surface area (Å²) in [6.45, 7) is 6.84. The summed E-state index contributed by atoms with van der Waals surface area (Å²) in [4.78, 5) is 2.64. The topological polar surface area (TPSA) is 24.5 Å². The molecule has 1 aromatic carbocycles. The number of nitrogens with one attached hydrogen (secondary N) is 1. The second-order valence-electron chi connectivity index (χ2n) is 6.05. The summed E-state index contributed by atoms with van der Waals surface area (Å²) in [7, 11) is 0. The third-order valence-electron chi connectivity index (χ3n) is 4.45. The van der Waals surface area contributed by atoms with Gasteiger partial charge in [0, 0.05) is 25.6 Å². The first-order valence-electron chi connectivity index (χ1n) is 8.06. The van der Waals surface area contributed by atoms with Crippen LogP contribution >= 0.6 is 0 Å². The Balaban J connectivity index is 1.60. The zero-order chi connectivity index (χ0) is 13.8. The zero-order valence-corrected chi connectivity index (χ0v) is 12.5. The van der Waals surface area contributed by atoms with E-state index in [1.807, 2.05) is 0 Å². The number of fused-ring (bicyclic) bond motifs is 1. The van der Waals surface area contributed by atoms with Crippen LogP contribution in [0.4, 0.5) is 0 Å². The van der Waals surface area contributed by atoms with Crippen LogP contribution in [-0.2, 0) is 6.42 Å². The Labute approximate surface area is 122 Å². The van der Waals surface area contributed by atoms with Gasteiger partial charge in [0.25, 0.3) is 0 Å². The molecule has 2 atom stereocenters. The number of piperidine rings is 1. The lowest BCUT2D eigenvalue weighted by molar-refractivity contribution is 0.102. The third-order valence-corrected chi connectivity index (χ3v) is 4.45. The molecule has 0 bridgehead atoms. The lowest BCUT2D eigenvalue weighted by atomic mass is 10.0. The molecule has 0 saturated carbocycles. The molecular weight excluding hydrogens is 248 g/mol. The summed E-state index contributed by atoms with van der Waals surface area (Å²) in [5.41, 5.74) is 1.37. The number of hydrogen-bond acceptors (Lipinski definition) is 3. The molecule has 0 spiro atoms. The number of ether oxygens (including phenoxy) is 1. The van der Waals surface area contributed by atoms with E-state index in [1.54, 1.807) is 0 Å². The van der Waals surface area contributed by atoms with Gasteiger partial charge in [-0.1, -0.05) is 25.1 Å². The maximum Gasteiger partial charge on any atom is 0.123 e. The Morgan fingerprint density at radius 3 is 3.00 bits per heavy atom. The molecule has 20 heavy (non-hydrogen) atoms. The maximum atomic E-state index is 6.11. The predicted molar refractivity (Wildman–Crippen MR) is 82.3 cm³/mol. The molecular formula is C17H26N2O. The SMILES string of the molecule is CCCN(CC1Cc2ccccc2O1)C1CCCNC1. The first-order valence-corrected chi connectivity index (χ1v) is 8.06. The molecule has 1 fully saturated rings. The quantitative estimate of drug-likeness (QED) is 0.892. The van der Waals surface area contributed by atoms with E-state index in [-0.39, 0.29) is 0 Å². The molecule has 1 saturated heterocycles. The molecule has 1 aromatic rings. The number of hydrogen-bond donors (Lipinski definition) is 1. The van der Waals surface area contributed by atoms with Gasteiger partial charge < -0.3 is 10.1 Å². The number of rotatable bonds is 5. The highest BCUT2D eigenvalue weighted by Gasteiger charge is 2.28. The van der Waals surface area contributed by atoms with Crippen molar-refractivity contribution >= 4 is 0 Å². The molecule has 2 aliphatic heterocycles. The van der Waals surface area contributed by atoms with E-state index in [4.69, 9.17) is 4.74 Å². The molecule has 1 N–H and O–H groups in total. The normalized spacial score (nSPS) is 25.5. The molecule has 0 aliphatic carbocycles. The van der Waals surface area contributed by atoms with Crippen LogP contribution in [0.25, 0.3) is 0 Å². The van der Waals surface area contributed by atoms with Crippen molar-refractivity contribution < 1.29 is 4.74 Å². The van der Waals surface area contributed by atoms with Gasteiger partial charge in [-0.25, -0.2) is 0 Å². The standard InChI is InChI=1S/C17H26N2O/c1-2-10-19(15-7-5-9-18-12-15)13-16-11-14-6-3-4-8-17(14)20-16/h3-4,6,8,15-16,18H,2,5,7,9-13H2,1H3. The lowest BCUT2D eigenvalue weighted by Crippen LogP contribution is -2.49. The fourth-order valence-corrected chi connectivity index (χ4v) is 3.47. The molecule has 110 valence electrons. The highest BCUT2D eigenvalue weighted by Crippen LogP contribution is 2.29. The van der Waals surface area contributed by atoms with Crippen molar-refractivity contribution in [1.29, 1.82) is 0 Å². The first-order chi connectivity index (χ1) is 9.86. The van der Waals surface area contributed by atoms with Crippen molar-refractivity contribution in [3.05, 3.63) is 29.8 Å². The van der Waals surface area contributed by atoms with Crippen LogP contribution in [0.5, 0.6) is 5.75 Å². The fraction of sp³-hybridized carbons (Fsp3) is 0.647. The minimum atomic E-state index is 0.334. The van der Waals surface area contributed by atoms with Gasteiger partial charge in [-0.15, -0.1) is 0 Å². The van der Waals surface area contributed by atoms with E-state index >= 15 is 0 Å².